The largest absolute Gasteiger partial charge is 0.573 e. The Bertz CT molecular complexity index is 803. The molecule has 162 valence electrons. The number of nitrogens with zero attached hydrogens (tertiary/aromatic N) is 3. The molecule has 0 spiro atoms. The van der Waals surface area contributed by atoms with Gasteiger partial charge in [-0.1, -0.05) is 12.1 Å². The van der Waals surface area contributed by atoms with Gasteiger partial charge in [0.1, 0.15) is 5.75 Å². The second-order valence-corrected chi connectivity index (χ2v) is 6.34. The van der Waals surface area contributed by atoms with E-state index in [2.05, 4.69) is 25.5 Å². The number of hydrogen-bond donors (Lipinski definition) is 2. The Kier molecular flexibility index (Phi) is 9.74. The number of ether oxygens (including phenoxy) is 1. The average molecular weight is 525 g/mol. The van der Waals surface area contributed by atoms with Gasteiger partial charge < -0.3 is 15.4 Å². The number of alkyl halides is 3. The molecule has 1 aromatic heterocycles. The lowest BCUT2D eigenvalue weighted by atomic mass is 10.1. The summed E-state index contributed by atoms with van der Waals surface area (Å²) >= 11 is 0. The van der Waals surface area contributed by atoms with Crippen molar-refractivity contribution in [3.05, 3.63) is 46.8 Å². The molecular weight excluding hydrogens is 498 g/mol. The van der Waals surface area contributed by atoms with Crippen LogP contribution in [-0.2, 0) is 20.0 Å². The van der Waals surface area contributed by atoms with E-state index < -0.39 is 6.36 Å². The number of guanidine groups is 1. The van der Waals surface area contributed by atoms with Crippen LogP contribution >= 0.6 is 24.0 Å². The van der Waals surface area contributed by atoms with E-state index in [4.69, 9.17) is 0 Å². The van der Waals surface area contributed by atoms with Crippen molar-refractivity contribution in [3.63, 3.8) is 0 Å². The number of aliphatic imine (C=N–C) groups is 1. The van der Waals surface area contributed by atoms with Crippen molar-refractivity contribution < 1.29 is 17.9 Å². The molecule has 0 atom stereocenters. The van der Waals surface area contributed by atoms with Crippen LogP contribution in [-0.4, -0.2) is 35.2 Å². The van der Waals surface area contributed by atoms with Crippen LogP contribution in [0.5, 0.6) is 5.75 Å². The first kappa shape index (κ1) is 25.1. The molecule has 1 aromatic carbocycles. The van der Waals surface area contributed by atoms with E-state index >= 15 is 0 Å². The van der Waals surface area contributed by atoms with E-state index in [1.54, 1.807) is 12.1 Å². The Morgan fingerprint density at radius 1 is 1.17 bits per heavy atom. The van der Waals surface area contributed by atoms with Crippen LogP contribution in [0.25, 0.3) is 0 Å². The van der Waals surface area contributed by atoms with Gasteiger partial charge in [-0.3, -0.25) is 4.68 Å². The van der Waals surface area contributed by atoms with Gasteiger partial charge in [-0.2, -0.15) is 5.10 Å². The van der Waals surface area contributed by atoms with Gasteiger partial charge in [0.15, 0.2) is 5.96 Å². The molecule has 0 fully saturated rings. The normalized spacial score (nSPS) is 11.8. The summed E-state index contributed by atoms with van der Waals surface area (Å²) in [4.78, 5) is 4.60. The van der Waals surface area contributed by atoms with Crippen molar-refractivity contribution in [2.75, 3.05) is 13.1 Å². The van der Waals surface area contributed by atoms with Gasteiger partial charge in [0, 0.05) is 31.4 Å². The van der Waals surface area contributed by atoms with Crippen molar-refractivity contribution in [1.82, 2.24) is 20.4 Å². The lowest BCUT2D eigenvalue weighted by Crippen LogP contribution is -2.38. The van der Waals surface area contributed by atoms with Crippen LogP contribution in [0.15, 0.2) is 29.3 Å². The van der Waals surface area contributed by atoms with Crippen LogP contribution in [0, 0.1) is 13.8 Å². The molecule has 0 amide bonds. The molecule has 0 aliphatic carbocycles. The van der Waals surface area contributed by atoms with E-state index in [9.17, 15) is 13.2 Å². The standard InChI is InChI=1S/C19H26F3N5O.HI/c1-5-23-18(25-12-17-13(2)26-27(4)14(17)3)24-11-10-15-6-8-16(9-7-15)28-19(20,21)22;/h6-9H,5,10-12H2,1-4H3,(H2,23,24,25);1H. The molecule has 0 aliphatic rings. The molecule has 29 heavy (non-hydrogen) atoms. The predicted molar refractivity (Wildman–Crippen MR) is 118 cm³/mol. The van der Waals surface area contributed by atoms with Gasteiger partial charge in [-0.15, -0.1) is 37.1 Å². The first-order valence-corrected chi connectivity index (χ1v) is 9.05. The molecule has 0 bridgehead atoms. The van der Waals surface area contributed by atoms with Gasteiger partial charge in [0.25, 0.3) is 0 Å². The number of benzene rings is 1. The van der Waals surface area contributed by atoms with Gasteiger partial charge in [0.05, 0.1) is 12.2 Å². The summed E-state index contributed by atoms with van der Waals surface area (Å²) in [5.74, 6) is 0.462. The minimum Gasteiger partial charge on any atom is -0.406 e. The molecule has 0 unspecified atom stereocenters. The van der Waals surface area contributed by atoms with E-state index in [0.717, 1.165) is 29.1 Å². The second kappa shape index (κ2) is 11.3. The minimum atomic E-state index is -4.68. The van der Waals surface area contributed by atoms with E-state index in [-0.39, 0.29) is 29.7 Å². The number of rotatable bonds is 7. The van der Waals surface area contributed by atoms with E-state index in [1.807, 2.05) is 32.5 Å². The third kappa shape index (κ3) is 8.11. The Hall–Kier alpha value is -1.98. The third-order valence-corrected chi connectivity index (χ3v) is 4.26. The molecule has 1 heterocycles. The summed E-state index contributed by atoms with van der Waals surface area (Å²) in [6.07, 6.45) is -4.03. The Labute approximate surface area is 185 Å². The highest BCUT2D eigenvalue weighted by Gasteiger charge is 2.30. The summed E-state index contributed by atoms with van der Waals surface area (Å²) in [6.45, 7) is 7.79. The Morgan fingerprint density at radius 2 is 1.83 bits per heavy atom. The molecule has 0 saturated heterocycles. The number of hydrogen-bond acceptors (Lipinski definition) is 3. The highest BCUT2D eigenvalue weighted by atomic mass is 127. The summed E-state index contributed by atoms with van der Waals surface area (Å²) in [5, 5.41) is 10.8. The van der Waals surface area contributed by atoms with Crippen LogP contribution in [0.2, 0.25) is 0 Å². The fraction of sp³-hybridized carbons (Fsp3) is 0.474. The van der Waals surface area contributed by atoms with Crippen LogP contribution in [0.1, 0.15) is 29.4 Å². The van der Waals surface area contributed by atoms with Gasteiger partial charge in [-0.25, -0.2) is 4.99 Å². The number of halogens is 4. The number of nitrogens with one attached hydrogen (secondary N) is 2. The van der Waals surface area contributed by atoms with Crippen molar-refractivity contribution in [2.45, 2.75) is 40.1 Å². The molecule has 2 N–H and O–H groups in total. The molecule has 10 heteroatoms. The first-order valence-electron chi connectivity index (χ1n) is 9.05. The van der Waals surface area contributed by atoms with E-state index in [1.165, 1.54) is 12.1 Å². The molecular formula is C19H27F3IN5O. The molecule has 2 rings (SSSR count). The maximum Gasteiger partial charge on any atom is 0.573 e. The van der Waals surface area contributed by atoms with Crippen LogP contribution in [0.3, 0.4) is 0 Å². The molecule has 2 aromatic rings. The monoisotopic (exact) mass is 525 g/mol. The zero-order valence-electron chi connectivity index (χ0n) is 16.9. The average Bonchev–Trinajstić information content (AvgIpc) is 2.85. The lowest BCUT2D eigenvalue weighted by Gasteiger charge is -2.12. The maximum absolute atomic E-state index is 12.2. The first-order chi connectivity index (χ1) is 13.2. The minimum absolute atomic E-state index is 0. The fourth-order valence-corrected chi connectivity index (χ4v) is 2.73. The molecule has 0 radical (unpaired) electrons. The zero-order chi connectivity index (χ0) is 20.7. The molecule has 6 nitrogen and oxygen atoms in total. The second-order valence-electron chi connectivity index (χ2n) is 6.34. The Balaban J connectivity index is 0.00000420. The van der Waals surface area contributed by atoms with Crippen molar-refractivity contribution >= 4 is 29.9 Å². The van der Waals surface area contributed by atoms with E-state index in [0.29, 0.717) is 25.5 Å². The molecule has 0 saturated carbocycles. The lowest BCUT2D eigenvalue weighted by molar-refractivity contribution is -0.274. The molecule has 0 aliphatic heterocycles. The van der Waals surface area contributed by atoms with Crippen molar-refractivity contribution in [3.8, 4) is 5.75 Å². The van der Waals surface area contributed by atoms with Gasteiger partial charge >= 0.3 is 6.36 Å². The zero-order valence-corrected chi connectivity index (χ0v) is 19.3. The van der Waals surface area contributed by atoms with Gasteiger partial charge in [-0.05, 0) is 44.9 Å². The summed E-state index contributed by atoms with van der Waals surface area (Å²) in [5.41, 5.74) is 4.04. The number of aromatic nitrogens is 2. The summed E-state index contributed by atoms with van der Waals surface area (Å²) in [6, 6.07) is 5.87. The van der Waals surface area contributed by atoms with Crippen LogP contribution < -0.4 is 15.4 Å². The van der Waals surface area contributed by atoms with Crippen molar-refractivity contribution in [1.29, 1.82) is 0 Å². The summed E-state index contributed by atoms with van der Waals surface area (Å²) < 4.78 is 42.3. The van der Waals surface area contributed by atoms with Gasteiger partial charge in [0.2, 0.25) is 0 Å². The maximum atomic E-state index is 12.2. The highest BCUT2D eigenvalue weighted by Crippen LogP contribution is 2.22. The number of aryl methyl sites for hydroxylation is 2. The third-order valence-electron chi connectivity index (χ3n) is 4.26. The quantitative estimate of drug-likeness (QED) is 0.328. The topological polar surface area (TPSA) is 63.5 Å². The van der Waals surface area contributed by atoms with Crippen molar-refractivity contribution in [2.24, 2.45) is 12.0 Å². The predicted octanol–water partition coefficient (Wildman–Crippen LogP) is 3.85. The highest BCUT2D eigenvalue weighted by molar-refractivity contribution is 14.0. The smallest absolute Gasteiger partial charge is 0.406 e. The summed E-state index contributed by atoms with van der Waals surface area (Å²) in [7, 11) is 1.91. The fourth-order valence-electron chi connectivity index (χ4n) is 2.73. The Morgan fingerprint density at radius 3 is 2.34 bits per heavy atom. The SMILES string of the molecule is CCNC(=NCc1c(C)nn(C)c1C)NCCc1ccc(OC(F)(F)F)cc1.I. The van der Waals surface area contributed by atoms with Crippen LogP contribution in [0.4, 0.5) is 13.2 Å².